The van der Waals surface area contributed by atoms with E-state index in [2.05, 4.69) is 20.5 Å². The number of anilines is 2. The molecule has 0 aliphatic carbocycles. The quantitative estimate of drug-likeness (QED) is 0.771. The van der Waals surface area contributed by atoms with Crippen molar-refractivity contribution in [1.29, 1.82) is 0 Å². The minimum absolute atomic E-state index is 0.108. The lowest BCUT2D eigenvalue weighted by Crippen LogP contribution is -2.04. The molecule has 3 rings (SSSR count). The molecule has 0 bridgehead atoms. The van der Waals surface area contributed by atoms with E-state index in [4.69, 9.17) is 13.6 Å². The zero-order chi connectivity index (χ0) is 13.2. The summed E-state index contributed by atoms with van der Waals surface area (Å²) in [7, 11) is 0. The molecule has 0 unspecified atom stereocenters. The molecule has 0 radical (unpaired) electrons. The van der Waals surface area contributed by atoms with Crippen LogP contribution >= 0.6 is 0 Å². The molecule has 19 heavy (non-hydrogen) atoms. The highest BCUT2D eigenvalue weighted by Crippen LogP contribution is 2.25. The Balaban J connectivity index is 1.88. The number of hydrogen-bond donors (Lipinski definition) is 1. The molecule has 0 fully saturated rings. The van der Waals surface area contributed by atoms with E-state index >= 15 is 0 Å². The van der Waals surface area contributed by atoms with Gasteiger partial charge in [0, 0.05) is 6.07 Å². The van der Waals surface area contributed by atoms with Crippen LogP contribution in [0.1, 0.15) is 13.8 Å². The van der Waals surface area contributed by atoms with Gasteiger partial charge < -0.3 is 13.6 Å². The fraction of sp³-hybridized carbons (Fsp3) is 0.250. The maximum atomic E-state index is 5.59. The Kier molecular flexibility index (Phi) is 2.79. The maximum Gasteiger partial charge on any atom is 0.323 e. The van der Waals surface area contributed by atoms with E-state index in [1.807, 2.05) is 26.0 Å². The lowest BCUT2D eigenvalue weighted by Gasteiger charge is -2.08. The van der Waals surface area contributed by atoms with Crippen LogP contribution in [0, 0.1) is 0 Å². The molecule has 0 aliphatic heterocycles. The first-order valence-corrected chi connectivity index (χ1v) is 5.81. The third-order valence-electron chi connectivity index (χ3n) is 2.31. The molecule has 1 aromatic carbocycles. The molecule has 0 atom stereocenters. The summed E-state index contributed by atoms with van der Waals surface area (Å²) < 4.78 is 16.1. The van der Waals surface area contributed by atoms with Gasteiger partial charge >= 0.3 is 12.0 Å². The number of nitrogens with zero attached hydrogens (tertiary/aromatic N) is 3. The highest BCUT2D eigenvalue weighted by molar-refractivity contribution is 5.76. The van der Waals surface area contributed by atoms with E-state index < -0.39 is 0 Å². The van der Waals surface area contributed by atoms with Gasteiger partial charge in [-0.15, -0.1) is 5.10 Å². The van der Waals surface area contributed by atoms with E-state index in [1.165, 1.54) is 6.39 Å². The van der Waals surface area contributed by atoms with Crippen molar-refractivity contribution >= 4 is 23.1 Å². The number of ether oxygens (including phenoxy) is 1. The highest BCUT2D eigenvalue weighted by atomic mass is 16.5. The van der Waals surface area contributed by atoms with Crippen molar-refractivity contribution in [3.05, 3.63) is 24.6 Å². The number of nitrogens with one attached hydrogen (secondary N) is 1. The van der Waals surface area contributed by atoms with Gasteiger partial charge in [0.1, 0.15) is 11.3 Å². The average Bonchev–Trinajstić information content (AvgIpc) is 2.97. The third kappa shape index (κ3) is 2.49. The lowest BCUT2D eigenvalue weighted by atomic mass is 10.3. The first kappa shape index (κ1) is 11.5. The fourth-order valence-electron chi connectivity index (χ4n) is 1.62. The van der Waals surface area contributed by atoms with E-state index in [0.29, 0.717) is 11.6 Å². The number of aromatic nitrogens is 3. The van der Waals surface area contributed by atoms with Gasteiger partial charge in [0.15, 0.2) is 5.58 Å². The maximum absolute atomic E-state index is 5.59. The summed E-state index contributed by atoms with van der Waals surface area (Å²) in [5.74, 6) is 0.739. The van der Waals surface area contributed by atoms with E-state index in [9.17, 15) is 0 Å². The minimum Gasteiger partial charge on any atom is -0.491 e. The van der Waals surface area contributed by atoms with Crippen LogP contribution in [0.5, 0.6) is 5.75 Å². The van der Waals surface area contributed by atoms with E-state index in [0.717, 1.165) is 11.3 Å². The van der Waals surface area contributed by atoms with Gasteiger partial charge in [-0.1, -0.05) is 5.10 Å². The first-order valence-electron chi connectivity index (χ1n) is 5.81. The van der Waals surface area contributed by atoms with Crippen LogP contribution in [0.3, 0.4) is 0 Å². The Bertz CT molecular complexity index is 675. The average molecular weight is 260 g/mol. The Morgan fingerprint density at radius 1 is 1.26 bits per heavy atom. The van der Waals surface area contributed by atoms with Gasteiger partial charge in [-0.05, 0) is 26.0 Å². The summed E-state index contributed by atoms with van der Waals surface area (Å²) in [4.78, 5) is 4.25. The van der Waals surface area contributed by atoms with Gasteiger partial charge in [-0.2, -0.15) is 4.98 Å². The van der Waals surface area contributed by atoms with Crippen LogP contribution in [0.15, 0.2) is 33.4 Å². The molecule has 2 heterocycles. The van der Waals surface area contributed by atoms with Crippen molar-refractivity contribution in [2.75, 3.05) is 5.32 Å². The molecule has 2 aromatic heterocycles. The Labute approximate surface area is 108 Å². The van der Waals surface area contributed by atoms with E-state index in [1.54, 1.807) is 6.07 Å². The van der Waals surface area contributed by atoms with Gasteiger partial charge in [0.2, 0.25) is 6.39 Å². The predicted molar refractivity (Wildman–Crippen MR) is 67.4 cm³/mol. The normalized spacial score (nSPS) is 11.1. The molecule has 7 heteroatoms. The summed E-state index contributed by atoms with van der Waals surface area (Å²) >= 11 is 0. The zero-order valence-electron chi connectivity index (χ0n) is 10.5. The molecule has 0 aliphatic rings. The van der Waals surface area contributed by atoms with Crippen molar-refractivity contribution in [3.8, 4) is 5.75 Å². The Morgan fingerprint density at radius 2 is 2.16 bits per heavy atom. The van der Waals surface area contributed by atoms with Gasteiger partial charge in [0.05, 0.1) is 6.10 Å². The standard InChI is InChI=1S/C12H12N4O3/c1-7(2)18-8-3-4-9-10(5-8)19-11(14-9)15-12-16-13-6-17-12/h3-7H,1-2H3,(H,14,15,16). The van der Waals surface area contributed by atoms with Crippen LogP contribution in [0.25, 0.3) is 11.1 Å². The van der Waals surface area contributed by atoms with Crippen LogP contribution in [0.4, 0.5) is 12.0 Å². The van der Waals surface area contributed by atoms with Crippen molar-refractivity contribution in [3.63, 3.8) is 0 Å². The SMILES string of the molecule is CC(C)Oc1ccc2nc(Nc3nnco3)oc2c1. The van der Waals surface area contributed by atoms with Crippen LogP contribution in [-0.2, 0) is 0 Å². The van der Waals surface area contributed by atoms with Crippen molar-refractivity contribution in [2.45, 2.75) is 20.0 Å². The first-order chi connectivity index (χ1) is 9.20. The van der Waals surface area contributed by atoms with Crippen molar-refractivity contribution in [2.24, 2.45) is 0 Å². The topological polar surface area (TPSA) is 86.2 Å². The number of fused-ring (bicyclic) bond motifs is 1. The molecule has 3 aromatic rings. The number of rotatable bonds is 4. The summed E-state index contributed by atoms with van der Waals surface area (Å²) in [6, 6.07) is 5.99. The Hall–Kier alpha value is -2.57. The second-order valence-electron chi connectivity index (χ2n) is 4.18. The molecule has 98 valence electrons. The number of benzene rings is 1. The van der Waals surface area contributed by atoms with Crippen LogP contribution in [0.2, 0.25) is 0 Å². The van der Waals surface area contributed by atoms with E-state index in [-0.39, 0.29) is 12.1 Å². The molecule has 7 nitrogen and oxygen atoms in total. The van der Waals surface area contributed by atoms with Gasteiger partial charge in [0.25, 0.3) is 0 Å². The summed E-state index contributed by atoms with van der Waals surface area (Å²) in [5, 5.41) is 10.0. The Morgan fingerprint density at radius 3 is 2.89 bits per heavy atom. The van der Waals surface area contributed by atoms with Crippen molar-refractivity contribution < 1.29 is 13.6 Å². The monoisotopic (exact) mass is 260 g/mol. The molecule has 0 spiro atoms. The zero-order valence-corrected chi connectivity index (χ0v) is 10.5. The predicted octanol–water partition coefficient (Wildman–Crippen LogP) is 2.74. The second-order valence-corrected chi connectivity index (χ2v) is 4.18. The highest BCUT2D eigenvalue weighted by Gasteiger charge is 2.09. The molecule has 0 saturated carbocycles. The van der Waals surface area contributed by atoms with Crippen molar-refractivity contribution in [1.82, 2.24) is 15.2 Å². The largest absolute Gasteiger partial charge is 0.491 e. The second kappa shape index (κ2) is 4.60. The summed E-state index contributed by atoms with van der Waals surface area (Å²) in [5.41, 5.74) is 1.35. The molecular weight excluding hydrogens is 248 g/mol. The van der Waals surface area contributed by atoms with Gasteiger partial charge in [-0.3, -0.25) is 5.32 Å². The third-order valence-corrected chi connectivity index (χ3v) is 2.31. The molecule has 1 N–H and O–H groups in total. The summed E-state index contributed by atoms with van der Waals surface area (Å²) in [6.07, 6.45) is 1.33. The van der Waals surface area contributed by atoms with Gasteiger partial charge in [-0.25, -0.2) is 0 Å². The fourth-order valence-corrected chi connectivity index (χ4v) is 1.62. The molecular formula is C12H12N4O3. The smallest absolute Gasteiger partial charge is 0.323 e. The number of hydrogen-bond acceptors (Lipinski definition) is 7. The minimum atomic E-state index is 0.108. The summed E-state index contributed by atoms with van der Waals surface area (Å²) in [6.45, 7) is 3.93. The number of oxazole rings is 1. The molecule has 0 amide bonds. The lowest BCUT2D eigenvalue weighted by molar-refractivity contribution is 0.242. The van der Waals surface area contributed by atoms with Crippen LogP contribution in [-0.4, -0.2) is 21.3 Å². The van der Waals surface area contributed by atoms with Crippen LogP contribution < -0.4 is 10.1 Å². The molecule has 0 saturated heterocycles.